The normalized spacial score (nSPS) is 19.2. The fourth-order valence-electron chi connectivity index (χ4n) is 0. The average Bonchev–Trinajstić information content (AvgIpc) is 0.650. The molecule has 0 aromatic carbocycles. The first-order valence-corrected chi connectivity index (χ1v) is 7.00. The molecule has 0 radical (unpaired) electrons. The van der Waals surface area contributed by atoms with Gasteiger partial charge in [0.1, 0.15) is 0 Å². The maximum absolute atomic E-state index is 10.3. The van der Waals surface area contributed by atoms with Gasteiger partial charge in [0.15, 0.2) is 0 Å². The Balaban J connectivity index is 3.73. The molecule has 0 fully saturated rings. The Labute approximate surface area is 38.7 Å². The Morgan fingerprint density at radius 1 is 1.00 bits per heavy atom. The van der Waals surface area contributed by atoms with E-state index < -0.39 is 16.9 Å². The van der Waals surface area contributed by atoms with Crippen molar-refractivity contribution in [3.8, 4) is 0 Å². The first kappa shape index (κ1) is 6.75. The van der Waals surface area contributed by atoms with Gasteiger partial charge in [-0.3, -0.25) is 0 Å². The zero-order chi connectivity index (χ0) is 5.45. The first-order chi connectivity index (χ1) is 2.24. The summed E-state index contributed by atoms with van der Waals surface area (Å²) in [5.74, 6) is 0. The standard InChI is InChI=1S/ClH.4FH.Nb/h5*1H;/q;;;;;+5/p-5. The van der Waals surface area contributed by atoms with E-state index in [9.17, 15) is 12.1 Å². The molecule has 6 heteroatoms. The van der Waals surface area contributed by atoms with Gasteiger partial charge in [0.25, 0.3) is 0 Å². The van der Waals surface area contributed by atoms with E-state index in [1.54, 1.807) is 0 Å². The van der Waals surface area contributed by atoms with Crippen LogP contribution in [-0.2, 0) is 16.9 Å². The molecule has 0 amide bonds. The number of halogens is 5. The summed E-state index contributed by atoms with van der Waals surface area (Å²) < 4.78 is 41.4. The molecule has 0 aromatic rings. The molecule has 0 atom stereocenters. The van der Waals surface area contributed by atoms with Crippen LogP contribution in [0.2, 0.25) is 0 Å². The van der Waals surface area contributed by atoms with Gasteiger partial charge < -0.3 is 0 Å². The van der Waals surface area contributed by atoms with Gasteiger partial charge in [-0.2, -0.15) is 0 Å². The van der Waals surface area contributed by atoms with Crippen LogP contribution in [0, 0.1) is 0 Å². The SMILES string of the molecule is [F][Nb]([F])([F])([F])[Cl]. The van der Waals surface area contributed by atoms with E-state index in [0.29, 0.717) is 0 Å². The Hall–Kier alpha value is 0.750. The summed E-state index contributed by atoms with van der Waals surface area (Å²) in [5.41, 5.74) is 0. The van der Waals surface area contributed by atoms with E-state index in [4.69, 9.17) is 0 Å². The predicted molar refractivity (Wildman–Crippen MR) is 10.3 cm³/mol. The topological polar surface area (TPSA) is 0 Å². The van der Waals surface area contributed by atoms with E-state index >= 15 is 0 Å². The van der Waals surface area contributed by atoms with Crippen LogP contribution in [0.15, 0.2) is 0 Å². The van der Waals surface area contributed by atoms with Gasteiger partial charge in [-0.25, -0.2) is 0 Å². The quantitative estimate of drug-likeness (QED) is 0.420. The van der Waals surface area contributed by atoms with Gasteiger partial charge in [-0.1, -0.05) is 0 Å². The monoisotopic (exact) mass is 204 g/mol. The average molecular weight is 204 g/mol. The van der Waals surface area contributed by atoms with Crippen molar-refractivity contribution in [2.24, 2.45) is 0 Å². The minimum atomic E-state index is -8.22. The van der Waals surface area contributed by atoms with Gasteiger partial charge in [0.2, 0.25) is 0 Å². The number of hydrogen-bond acceptors (Lipinski definition) is 0. The molecule has 0 bridgehead atoms. The second-order valence-electron chi connectivity index (χ2n) is 0.639. The maximum atomic E-state index is 10.3. The molecule has 0 aliphatic heterocycles. The van der Waals surface area contributed by atoms with E-state index in [-0.39, 0.29) is 0 Å². The number of rotatable bonds is 0. The number of hydrogen-bond donors (Lipinski definition) is 0. The molecule has 0 unspecified atom stereocenters. The van der Waals surface area contributed by atoms with Crippen LogP contribution in [0.5, 0.6) is 0 Å². The molecule has 0 N–H and O–H groups in total. The van der Waals surface area contributed by atoms with E-state index in [1.165, 1.54) is 0 Å². The molecule has 0 saturated heterocycles. The third kappa shape index (κ3) is 119. The molecule has 0 spiro atoms. The molecular weight excluding hydrogens is 204 g/mol. The third-order valence-corrected chi connectivity index (χ3v) is 0. The molecular formula is ClF4Nb. The second-order valence-corrected chi connectivity index (χ2v) is 6.80. The van der Waals surface area contributed by atoms with Crippen molar-refractivity contribution < 1.29 is 29.0 Å². The van der Waals surface area contributed by atoms with E-state index in [1.807, 2.05) is 0 Å². The van der Waals surface area contributed by atoms with Crippen molar-refractivity contribution in [2.45, 2.75) is 0 Å². The summed E-state index contributed by atoms with van der Waals surface area (Å²) >= 11 is -8.22. The van der Waals surface area contributed by atoms with Gasteiger partial charge in [0.05, 0.1) is 0 Å². The summed E-state index contributed by atoms with van der Waals surface area (Å²) in [6.07, 6.45) is 0. The van der Waals surface area contributed by atoms with Crippen LogP contribution in [0.3, 0.4) is 0 Å². The van der Waals surface area contributed by atoms with Crippen LogP contribution in [0.25, 0.3) is 0 Å². The van der Waals surface area contributed by atoms with Gasteiger partial charge in [-0.15, -0.1) is 0 Å². The van der Waals surface area contributed by atoms with Crippen molar-refractivity contribution in [3.63, 3.8) is 0 Å². The van der Waals surface area contributed by atoms with Gasteiger partial charge in [-0.05, 0) is 0 Å². The molecule has 0 aliphatic rings. The summed E-state index contributed by atoms with van der Waals surface area (Å²) in [7, 11) is 3.32. The predicted octanol–water partition coefficient (Wildman–Crippen LogP) is 2.37. The van der Waals surface area contributed by atoms with Crippen LogP contribution >= 0.6 is 9.19 Å². The van der Waals surface area contributed by atoms with E-state index in [0.717, 1.165) is 0 Å². The Morgan fingerprint density at radius 3 is 1.00 bits per heavy atom. The Morgan fingerprint density at radius 2 is 1.00 bits per heavy atom. The van der Waals surface area contributed by atoms with Crippen LogP contribution in [0.4, 0.5) is 12.1 Å². The Bertz CT molecular complexity index is 40.7. The van der Waals surface area contributed by atoms with Crippen molar-refractivity contribution in [2.75, 3.05) is 0 Å². The Kier molecular flexibility index (Phi) is 1.26. The fourth-order valence-corrected chi connectivity index (χ4v) is 0. The third-order valence-electron chi connectivity index (χ3n) is 0. The molecule has 0 saturated carbocycles. The van der Waals surface area contributed by atoms with E-state index in [2.05, 4.69) is 9.19 Å². The minimum absolute atomic E-state index is 3.32. The van der Waals surface area contributed by atoms with Crippen LogP contribution in [-0.4, -0.2) is 0 Å². The molecule has 6 heavy (non-hydrogen) atoms. The van der Waals surface area contributed by atoms with Crippen molar-refractivity contribution in [1.82, 2.24) is 0 Å². The fraction of sp³-hybridized carbons (Fsp3) is 0. The molecule has 40 valence electrons. The van der Waals surface area contributed by atoms with Crippen molar-refractivity contribution in [3.05, 3.63) is 0 Å². The summed E-state index contributed by atoms with van der Waals surface area (Å²) in [5, 5.41) is 0. The van der Waals surface area contributed by atoms with Crippen LogP contribution in [0.1, 0.15) is 0 Å². The summed E-state index contributed by atoms with van der Waals surface area (Å²) in [6.45, 7) is 0. The molecule has 0 nitrogen and oxygen atoms in total. The summed E-state index contributed by atoms with van der Waals surface area (Å²) in [4.78, 5) is 0. The molecule has 0 heterocycles. The van der Waals surface area contributed by atoms with Crippen LogP contribution < -0.4 is 0 Å². The van der Waals surface area contributed by atoms with Crippen molar-refractivity contribution >= 4 is 9.19 Å². The molecule has 0 rings (SSSR count). The zero-order valence-electron chi connectivity index (χ0n) is 2.34. The first-order valence-electron chi connectivity index (χ1n) is 0.845. The van der Waals surface area contributed by atoms with Gasteiger partial charge >= 0.3 is 38.2 Å². The molecule has 0 aliphatic carbocycles. The second kappa shape index (κ2) is 1.12. The summed E-state index contributed by atoms with van der Waals surface area (Å²) in [6, 6.07) is 0. The van der Waals surface area contributed by atoms with Gasteiger partial charge in [0, 0.05) is 0 Å². The van der Waals surface area contributed by atoms with Crippen molar-refractivity contribution in [1.29, 1.82) is 0 Å². The zero-order valence-corrected chi connectivity index (χ0v) is 5.29. The molecule has 0 aromatic heterocycles.